The van der Waals surface area contributed by atoms with Crippen LogP contribution in [0.3, 0.4) is 0 Å². The molecule has 0 bridgehead atoms. The van der Waals surface area contributed by atoms with Gasteiger partial charge < -0.3 is 5.11 Å². The van der Waals surface area contributed by atoms with E-state index < -0.39 is 0 Å². The molecule has 5 heteroatoms. The van der Waals surface area contributed by atoms with E-state index in [0.29, 0.717) is 0 Å². The molecule has 0 radical (unpaired) electrons. The summed E-state index contributed by atoms with van der Waals surface area (Å²) in [5, 5.41) is 9.16. The highest BCUT2D eigenvalue weighted by Gasteiger charge is 2.29. The number of nitrogens with zero attached hydrogens (tertiary/aromatic N) is 2. The molecule has 92 valence electrons. The van der Waals surface area contributed by atoms with Crippen molar-refractivity contribution in [2.24, 2.45) is 4.99 Å². The van der Waals surface area contributed by atoms with Gasteiger partial charge >= 0.3 is 0 Å². The number of hydrogen-bond donors (Lipinski definition) is 1. The molecule has 0 unspecified atom stereocenters. The number of amides is 1. The van der Waals surface area contributed by atoms with Gasteiger partial charge in [0.15, 0.2) is 11.6 Å². The van der Waals surface area contributed by atoms with Crippen molar-refractivity contribution >= 4 is 23.6 Å². The second-order valence-corrected chi connectivity index (χ2v) is 3.98. The highest BCUT2D eigenvalue weighted by Crippen LogP contribution is 2.18. The second-order valence-electron chi connectivity index (χ2n) is 3.98. The number of phenolic OH excluding ortho intramolecular Hbond substituents is 1. The van der Waals surface area contributed by atoms with Crippen molar-refractivity contribution in [1.82, 2.24) is 4.90 Å². The topological polar surface area (TPSA) is 70.0 Å². The molecule has 0 saturated carbocycles. The predicted molar refractivity (Wildman–Crippen MR) is 67.0 cm³/mol. The van der Waals surface area contributed by atoms with Gasteiger partial charge in [-0.2, -0.15) is 0 Å². The molecule has 1 heterocycles. The van der Waals surface area contributed by atoms with Crippen molar-refractivity contribution in [3.8, 4) is 5.75 Å². The number of benzene rings is 1. The van der Waals surface area contributed by atoms with Crippen molar-refractivity contribution in [3.63, 3.8) is 0 Å². The highest BCUT2D eigenvalue weighted by molar-refractivity contribution is 6.43. The number of carbonyl (C=O) groups is 2. The molecule has 0 spiro atoms. The summed E-state index contributed by atoms with van der Waals surface area (Å²) >= 11 is 0. The van der Waals surface area contributed by atoms with E-state index in [1.165, 1.54) is 31.0 Å². The van der Waals surface area contributed by atoms with E-state index in [1.807, 2.05) is 0 Å². The number of amidine groups is 1. The van der Waals surface area contributed by atoms with E-state index in [9.17, 15) is 9.59 Å². The Morgan fingerprint density at radius 2 is 1.94 bits per heavy atom. The minimum atomic E-state index is -0.312. The van der Waals surface area contributed by atoms with E-state index in [2.05, 4.69) is 4.99 Å². The van der Waals surface area contributed by atoms with Gasteiger partial charge in [0, 0.05) is 14.0 Å². The fraction of sp³-hybridized carbons (Fsp3) is 0.154. The van der Waals surface area contributed by atoms with Crippen LogP contribution < -0.4 is 0 Å². The van der Waals surface area contributed by atoms with Crippen molar-refractivity contribution < 1.29 is 14.7 Å². The fourth-order valence-corrected chi connectivity index (χ4v) is 1.64. The van der Waals surface area contributed by atoms with Crippen LogP contribution in [0.5, 0.6) is 5.75 Å². The number of phenols is 1. The molecule has 1 aliphatic heterocycles. The summed E-state index contributed by atoms with van der Waals surface area (Å²) in [6.07, 6.45) is 1.58. The summed E-state index contributed by atoms with van der Waals surface area (Å²) in [7, 11) is 1.51. The number of Topliss-reactive ketones (excluding diaryl/α,β-unsaturated/α-hetero) is 1. The Bertz CT molecular complexity index is 570. The summed E-state index contributed by atoms with van der Waals surface area (Å²) in [4.78, 5) is 28.3. The van der Waals surface area contributed by atoms with E-state index in [1.54, 1.807) is 18.2 Å². The van der Waals surface area contributed by atoms with Crippen LogP contribution in [-0.4, -0.2) is 34.6 Å². The molecule has 0 atom stereocenters. The first-order valence-electron chi connectivity index (χ1n) is 5.37. The summed E-state index contributed by atoms with van der Waals surface area (Å²) in [6.45, 7) is 1.37. The minimum absolute atomic E-state index is 0.144. The first-order chi connectivity index (χ1) is 8.49. The molecule has 0 fully saturated rings. The van der Waals surface area contributed by atoms with Gasteiger partial charge in [0.25, 0.3) is 5.91 Å². The van der Waals surface area contributed by atoms with Gasteiger partial charge in [0.1, 0.15) is 11.4 Å². The first kappa shape index (κ1) is 12.0. The minimum Gasteiger partial charge on any atom is -0.508 e. The lowest BCUT2D eigenvalue weighted by molar-refractivity contribution is -0.123. The number of hydrogen-bond acceptors (Lipinski definition) is 4. The Morgan fingerprint density at radius 3 is 2.44 bits per heavy atom. The van der Waals surface area contributed by atoms with Crippen molar-refractivity contribution in [3.05, 3.63) is 35.5 Å². The van der Waals surface area contributed by atoms with Crippen molar-refractivity contribution in [1.29, 1.82) is 0 Å². The Morgan fingerprint density at radius 1 is 1.33 bits per heavy atom. The average Bonchev–Trinajstić information content (AvgIpc) is 2.60. The summed E-state index contributed by atoms with van der Waals surface area (Å²) in [6, 6.07) is 6.37. The van der Waals surface area contributed by atoms with Gasteiger partial charge in [-0.05, 0) is 23.8 Å². The third-order valence-electron chi connectivity index (χ3n) is 2.58. The maximum Gasteiger partial charge on any atom is 0.277 e. The van der Waals surface area contributed by atoms with Crippen LogP contribution in [0.2, 0.25) is 0 Å². The summed E-state index contributed by atoms with van der Waals surface area (Å²) < 4.78 is 0. The zero-order valence-corrected chi connectivity index (χ0v) is 10.0. The number of aromatic hydroxyl groups is 1. The maximum absolute atomic E-state index is 11.8. The number of ketones is 1. The second kappa shape index (κ2) is 4.44. The monoisotopic (exact) mass is 244 g/mol. The maximum atomic E-state index is 11.8. The zero-order valence-electron chi connectivity index (χ0n) is 10.0. The van der Waals surface area contributed by atoms with E-state index >= 15 is 0 Å². The molecule has 0 aliphatic carbocycles. The van der Waals surface area contributed by atoms with Crippen molar-refractivity contribution in [2.75, 3.05) is 7.05 Å². The first-order valence-corrected chi connectivity index (χ1v) is 5.37. The number of likely N-dealkylation sites (N-methyl/N-ethyl adjacent to an activating group) is 1. The van der Waals surface area contributed by atoms with E-state index in [0.717, 1.165) is 5.56 Å². The standard InChI is InChI=1S/C13H12N2O3/c1-8(16)12-14-11(13(18)15(12)2)7-9-3-5-10(17)6-4-9/h3-7,17H,1-2H3. The molecule has 1 N–H and O–H groups in total. The van der Waals surface area contributed by atoms with Crippen LogP contribution in [0.1, 0.15) is 12.5 Å². The normalized spacial score (nSPS) is 17.2. The molecule has 1 aromatic carbocycles. The van der Waals surface area contributed by atoms with Gasteiger partial charge in [0.05, 0.1) is 0 Å². The van der Waals surface area contributed by atoms with E-state index in [4.69, 9.17) is 5.11 Å². The predicted octanol–water partition coefficient (Wildman–Crippen LogP) is 1.19. The van der Waals surface area contributed by atoms with Gasteiger partial charge in [-0.3, -0.25) is 14.5 Å². The Kier molecular flexibility index (Phi) is 2.97. The van der Waals surface area contributed by atoms with Crippen LogP contribution in [0.4, 0.5) is 0 Å². The molecule has 1 aromatic rings. The SMILES string of the molecule is CC(=O)C1=NC(=Cc2ccc(O)cc2)C(=O)N1C. The fourth-order valence-electron chi connectivity index (χ4n) is 1.64. The highest BCUT2D eigenvalue weighted by atomic mass is 16.3. The zero-order chi connectivity index (χ0) is 13.3. The van der Waals surface area contributed by atoms with Crippen LogP contribution in [0, 0.1) is 0 Å². The Hall–Kier alpha value is -2.43. The van der Waals surface area contributed by atoms with Gasteiger partial charge in [-0.15, -0.1) is 0 Å². The number of rotatable bonds is 2. The molecule has 5 nitrogen and oxygen atoms in total. The van der Waals surface area contributed by atoms with Crippen LogP contribution in [-0.2, 0) is 9.59 Å². The smallest absolute Gasteiger partial charge is 0.277 e. The van der Waals surface area contributed by atoms with Crippen LogP contribution >= 0.6 is 0 Å². The Balaban J connectivity index is 2.37. The molecule has 0 aromatic heterocycles. The molecule has 1 aliphatic rings. The van der Waals surface area contributed by atoms with Crippen LogP contribution in [0.25, 0.3) is 6.08 Å². The average molecular weight is 244 g/mol. The van der Waals surface area contributed by atoms with Gasteiger partial charge in [-0.1, -0.05) is 12.1 Å². The molecule has 2 rings (SSSR count). The van der Waals surface area contributed by atoms with Crippen LogP contribution in [0.15, 0.2) is 35.0 Å². The lowest BCUT2D eigenvalue weighted by Crippen LogP contribution is -2.31. The molecule has 1 amide bonds. The largest absolute Gasteiger partial charge is 0.508 e. The molecule has 0 saturated heterocycles. The lowest BCUT2D eigenvalue weighted by atomic mass is 10.2. The Labute approximate surface area is 104 Å². The van der Waals surface area contributed by atoms with Gasteiger partial charge in [-0.25, -0.2) is 4.99 Å². The van der Waals surface area contributed by atoms with E-state index in [-0.39, 0.29) is 29.0 Å². The van der Waals surface area contributed by atoms with Gasteiger partial charge in [0.2, 0.25) is 0 Å². The van der Waals surface area contributed by atoms with Crippen molar-refractivity contribution in [2.45, 2.75) is 6.92 Å². The summed E-state index contributed by atoms with van der Waals surface area (Å²) in [5.41, 5.74) is 0.950. The third-order valence-corrected chi connectivity index (χ3v) is 2.58. The molecule has 18 heavy (non-hydrogen) atoms. The molecular weight excluding hydrogens is 232 g/mol. The lowest BCUT2D eigenvalue weighted by Gasteiger charge is -2.07. The number of carbonyl (C=O) groups excluding carboxylic acids is 2. The quantitative estimate of drug-likeness (QED) is 0.794. The third kappa shape index (κ3) is 2.15. The number of aliphatic imine (C=N–C) groups is 1. The molecular formula is C13H12N2O3. The summed E-state index contributed by atoms with van der Waals surface area (Å²) in [5.74, 6) is -0.266.